The Morgan fingerprint density at radius 2 is 1.86 bits per heavy atom. The Hall–Kier alpha value is -3.03. The summed E-state index contributed by atoms with van der Waals surface area (Å²) in [6.07, 6.45) is 2.43. The highest BCUT2D eigenvalue weighted by molar-refractivity contribution is 5.79. The molecule has 2 aromatic carbocycles. The van der Waals surface area contributed by atoms with Crippen molar-refractivity contribution in [2.45, 2.75) is 31.4 Å². The maximum Gasteiger partial charge on any atom is 0.269 e. The number of likely N-dealkylation sites (N-methyl/N-ethyl adjacent to an activating group) is 1. The molecule has 3 rings (SSSR count). The van der Waals surface area contributed by atoms with E-state index < -0.39 is 17.1 Å². The van der Waals surface area contributed by atoms with Crippen molar-refractivity contribution in [1.29, 1.82) is 0 Å². The van der Waals surface area contributed by atoms with Gasteiger partial charge in [0.2, 0.25) is 0 Å². The smallest absolute Gasteiger partial charge is 0.269 e. The van der Waals surface area contributed by atoms with Gasteiger partial charge in [-0.25, -0.2) is 0 Å². The van der Waals surface area contributed by atoms with E-state index in [1.807, 2.05) is 25.3 Å². The van der Waals surface area contributed by atoms with Crippen LogP contribution in [0.3, 0.4) is 0 Å². The zero-order valence-corrected chi connectivity index (χ0v) is 16.7. The minimum Gasteiger partial charge on any atom is -0.394 e. The van der Waals surface area contributed by atoms with E-state index in [0.29, 0.717) is 5.56 Å². The first-order chi connectivity index (χ1) is 13.8. The number of fused-ring (bicyclic) bond motifs is 1. The predicted molar refractivity (Wildman–Crippen MR) is 113 cm³/mol. The van der Waals surface area contributed by atoms with Crippen LogP contribution in [0, 0.1) is 10.1 Å². The largest absolute Gasteiger partial charge is 0.394 e. The molecule has 0 fully saturated rings. The lowest BCUT2D eigenvalue weighted by Crippen LogP contribution is -2.23. The fourth-order valence-corrected chi connectivity index (χ4v) is 3.77. The fourth-order valence-electron chi connectivity index (χ4n) is 3.77. The number of allylic oxidation sites excluding steroid dienone is 2. The highest BCUT2D eigenvalue weighted by atomic mass is 16.6. The fraction of sp³-hybridized carbons (Fsp3) is 0.318. The van der Waals surface area contributed by atoms with Crippen LogP contribution in [-0.4, -0.2) is 41.0 Å². The summed E-state index contributed by atoms with van der Waals surface area (Å²) in [5.41, 5.74) is 3.65. The molecule has 29 heavy (non-hydrogen) atoms. The number of non-ortho nitro benzene ring substituents is 1. The van der Waals surface area contributed by atoms with Crippen molar-refractivity contribution in [1.82, 2.24) is 0 Å². The van der Waals surface area contributed by atoms with Gasteiger partial charge < -0.3 is 15.1 Å². The molecular formula is C22H25N3O4. The van der Waals surface area contributed by atoms with Crippen LogP contribution in [0.15, 0.2) is 65.3 Å². The Balaban J connectivity index is 1.80. The molecule has 7 heteroatoms. The molecule has 2 atom stereocenters. The summed E-state index contributed by atoms with van der Waals surface area (Å²) >= 11 is 0. The van der Waals surface area contributed by atoms with Crippen LogP contribution in [0.5, 0.6) is 0 Å². The molecule has 2 N–H and O–H groups in total. The Bertz CT molecular complexity index is 951. The van der Waals surface area contributed by atoms with E-state index in [0.717, 1.165) is 11.4 Å². The molecule has 0 bridgehead atoms. The molecule has 0 saturated heterocycles. The van der Waals surface area contributed by atoms with Crippen molar-refractivity contribution >= 4 is 17.6 Å². The van der Waals surface area contributed by atoms with Gasteiger partial charge in [0.15, 0.2) is 0 Å². The normalized spacial score (nSPS) is 18.8. The molecule has 0 aliphatic carbocycles. The quantitative estimate of drug-likeness (QED) is 0.444. The number of anilines is 1. The molecule has 1 aliphatic rings. The van der Waals surface area contributed by atoms with E-state index in [1.165, 1.54) is 29.8 Å². The number of hydrogen-bond donors (Lipinski definition) is 2. The zero-order chi connectivity index (χ0) is 21.2. The lowest BCUT2D eigenvalue weighted by Gasteiger charge is -2.23. The summed E-state index contributed by atoms with van der Waals surface area (Å²) in [5.74, 6) is 0. The molecule has 152 valence electrons. The van der Waals surface area contributed by atoms with Crippen LogP contribution in [-0.2, 0) is 5.41 Å². The van der Waals surface area contributed by atoms with Gasteiger partial charge in [-0.15, -0.1) is 0 Å². The number of nitro groups is 1. The lowest BCUT2D eigenvalue weighted by molar-refractivity contribution is -0.384. The minimum absolute atomic E-state index is 0.0548. The topological polar surface area (TPSA) is 99.2 Å². The van der Waals surface area contributed by atoms with Gasteiger partial charge in [0.1, 0.15) is 12.1 Å². The number of benzene rings is 2. The third-order valence-electron chi connectivity index (χ3n) is 5.45. The van der Waals surface area contributed by atoms with Gasteiger partial charge in [-0.1, -0.05) is 32.0 Å². The van der Waals surface area contributed by atoms with Crippen LogP contribution in [0.4, 0.5) is 11.4 Å². The highest BCUT2D eigenvalue weighted by Gasteiger charge is 2.37. The number of nitro benzene ring substituents is 1. The predicted octanol–water partition coefficient (Wildman–Crippen LogP) is 3.37. The van der Waals surface area contributed by atoms with E-state index in [4.69, 9.17) is 0 Å². The summed E-state index contributed by atoms with van der Waals surface area (Å²) in [7, 11) is 2.00. The van der Waals surface area contributed by atoms with Crippen molar-refractivity contribution < 1.29 is 15.1 Å². The lowest BCUT2D eigenvalue weighted by atomic mass is 9.84. The molecule has 0 radical (unpaired) electrons. The van der Waals surface area contributed by atoms with Crippen LogP contribution >= 0.6 is 0 Å². The van der Waals surface area contributed by atoms with E-state index >= 15 is 0 Å². The van der Waals surface area contributed by atoms with Gasteiger partial charge in [-0.3, -0.25) is 15.1 Å². The van der Waals surface area contributed by atoms with Gasteiger partial charge in [0.25, 0.3) is 5.69 Å². The summed E-state index contributed by atoms with van der Waals surface area (Å²) in [5, 5.41) is 31.0. The number of rotatable bonds is 6. The summed E-state index contributed by atoms with van der Waals surface area (Å²) < 4.78 is 0. The first kappa shape index (κ1) is 20.7. The SMILES string of the molecule is CN1C(=CC=NC(CO)C(O)c2ccc([N+](=O)[O-])cc2)C(C)(C)c2ccccc21. The Labute approximate surface area is 169 Å². The maximum absolute atomic E-state index is 10.8. The number of para-hydroxylation sites is 1. The number of nitrogens with zero attached hydrogens (tertiary/aromatic N) is 3. The second-order valence-electron chi connectivity index (χ2n) is 7.59. The van der Waals surface area contributed by atoms with E-state index in [9.17, 15) is 20.3 Å². The van der Waals surface area contributed by atoms with E-state index in [2.05, 4.69) is 35.9 Å². The van der Waals surface area contributed by atoms with Crippen molar-refractivity contribution in [2.75, 3.05) is 18.6 Å². The van der Waals surface area contributed by atoms with E-state index in [-0.39, 0.29) is 17.7 Å². The van der Waals surface area contributed by atoms with Crippen molar-refractivity contribution in [3.63, 3.8) is 0 Å². The van der Waals surface area contributed by atoms with Crippen LogP contribution < -0.4 is 4.90 Å². The first-order valence-electron chi connectivity index (χ1n) is 9.37. The average Bonchev–Trinajstić information content (AvgIpc) is 2.91. The molecule has 2 unspecified atom stereocenters. The van der Waals surface area contributed by atoms with Gasteiger partial charge in [-0.05, 0) is 35.4 Å². The van der Waals surface area contributed by atoms with Gasteiger partial charge in [0, 0.05) is 42.2 Å². The Morgan fingerprint density at radius 3 is 2.45 bits per heavy atom. The van der Waals surface area contributed by atoms with Gasteiger partial charge in [0.05, 0.1) is 11.5 Å². The molecular weight excluding hydrogens is 370 g/mol. The van der Waals surface area contributed by atoms with Gasteiger partial charge >= 0.3 is 0 Å². The third-order valence-corrected chi connectivity index (χ3v) is 5.45. The van der Waals surface area contributed by atoms with Crippen LogP contribution in [0.1, 0.15) is 31.1 Å². The molecule has 0 spiro atoms. The van der Waals surface area contributed by atoms with Crippen molar-refractivity contribution in [2.24, 2.45) is 4.99 Å². The monoisotopic (exact) mass is 395 g/mol. The van der Waals surface area contributed by atoms with E-state index in [1.54, 1.807) is 6.21 Å². The summed E-state index contributed by atoms with van der Waals surface area (Å²) in [6, 6.07) is 13.0. The molecule has 7 nitrogen and oxygen atoms in total. The Kier molecular flexibility index (Phi) is 5.81. The Morgan fingerprint density at radius 1 is 1.21 bits per heavy atom. The first-order valence-corrected chi connectivity index (χ1v) is 9.37. The van der Waals surface area contributed by atoms with Crippen molar-refractivity contribution in [3.8, 4) is 0 Å². The van der Waals surface area contributed by atoms with Crippen LogP contribution in [0.25, 0.3) is 0 Å². The second-order valence-corrected chi connectivity index (χ2v) is 7.59. The molecule has 1 heterocycles. The minimum atomic E-state index is -1.07. The number of aliphatic hydroxyl groups excluding tert-OH is 2. The molecule has 0 aromatic heterocycles. The summed E-state index contributed by atoms with van der Waals surface area (Å²) in [4.78, 5) is 16.7. The molecule has 1 aliphatic heterocycles. The number of hydrogen-bond acceptors (Lipinski definition) is 6. The molecule has 0 saturated carbocycles. The highest BCUT2D eigenvalue weighted by Crippen LogP contribution is 2.46. The van der Waals surface area contributed by atoms with Crippen LogP contribution in [0.2, 0.25) is 0 Å². The standard InChI is InChI=1S/C22H25N3O4/c1-22(2)17-6-4-5-7-19(17)24(3)20(22)12-13-23-18(14-26)21(27)15-8-10-16(11-9-15)25(28)29/h4-13,18,21,26-27H,14H2,1-3H3. The van der Waals surface area contributed by atoms with Gasteiger partial charge in [-0.2, -0.15) is 0 Å². The summed E-state index contributed by atoms with van der Waals surface area (Å²) in [6.45, 7) is 3.94. The third kappa shape index (κ3) is 3.92. The number of aliphatic hydroxyl groups is 2. The maximum atomic E-state index is 10.8. The molecule has 2 aromatic rings. The molecule has 0 amide bonds. The zero-order valence-electron chi connectivity index (χ0n) is 16.7. The van der Waals surface area contributed by atoms with Crippen molar-refractivity contribution in [3.05, 3.63) is 81.5 Å². The second kappa shape index (κ2) is 8.14. The number of aliphatic imine (C=N–C) groups is 1. The average molecular weight is 395 g/mol.